The van der Waals surface area contributed by atoms with Crippen LogP contribution in [0.3, 0.4) is 0 Å². The van der Waals surface area contributed by atoms with E-state index in [2.05, 4.69) is 11.2 Å². The number of aryl methyl sites for hydroxylation is 2. The predicted octanol–water partition coefficient (Wildman–Crippen LogP) is 1.93. The Hall–Kier alpha value is -2.10. The number of aromatic nitrogens is 2. The summed E-state index contributed by atoms with van der Waals surface area (Å²) < 4.78 is 1.73. The molecular formula is C14H15N3O. The van der Waals surface area contributed by atoms with Crippen LogP contribution in [0.15, 0.2) is 30.3 Å². The van der Waals surface area contributed by atoms with Gasteiger partial charge in [-0.3, -0.25) is 9.48 Å². The van der Waals surface area contributed by atoms with Crippen molar-refractivity contribution in [1.29, 1.82) is 0 Å². The topological polar surface area (TPSA) is 38.1 Å². The summed E-state index contributed by atoms with van der Waals surface area (Å²) in [5.74, 6) is -0.0105. The fourth-order valence-corrected chi connectivity index (χ4v) is 2.35. The van der Waals surface area contributed by atoms with Crippen molar-refractivity contribution in [3.05, 3.63) is 47.3 Å². The normalized spacial score (nSPS) is 13.8. The number of carbonyl (C=O) groups excluding carboxylic acids is 1. The number of hydrogen-bond donors (Lipinski definition) is 0. The quantitative estimate of drug-likeness (QED) is 0.765. The molecule has 0 aliphatic carbocycles. The number of carbonyl (C=O) groups is 1. The van der Waals surface area contributed by atoms with Gasteiger partial charge in [0.05, 0.1) is 0 Å². The summed E-state index contributed by atoms with van der Waals surface area (Å²) in [5, 5.41) is 4.25. The Bertz CT molecular complexity index is 596. The molecule has 1 aromatic carbocycles. The van der Waals surface area contributed by atoms with Gasteiger partial charge in [0.15, 0.2) is 5.69 Å². The lowest BCUT2D eigenvalue weighted by atomic mass is 10.2. The third kappa shape index (κ3) is 1.61. The molecule has 3 rings (SSSR count). The molecule has 1 aliphatic rings. The Morgan fingerprint density at radius 1 is 1.33 bits per heavy atom. The number of benzene rings is 1. The highest BCUT2D eigenvalue weighted by Gasteiger charge is 2.26. The fourth-order valence-electron chi connectivity index (χ4n) is 2.35. The van der Waals surface area contributed by atoms with Crippen LogP contribution >= 0.6 is 0 Å². The maximum absolute atomic E-state index is 12.4. The molecule has 0 saturated heterocycles. The molecule has 0 unspecified atom stereocenters. The van der Waals surface area contributed by atoms with Gasteiger partial charge in [-0.2, -0.15) is 5.10 Å². The van der Waals surface area contributed by atoms with E-state index in [1.54, 1.807) is 4.68 Å². The Morgan fingerprint density at radius 2 is 2.11 bits per heavy atom. The van der Waals surface area contributed by atoms with Gasteiger partial charge in [-0.1, -0.05) is 18.2 Å². The van der Waals surface area contributed by atoms with E-state index < -0.39 is 0 Å². The Morgan fingerprint density at radius 3 is 2.83 bits per heavy atom. The summed E-state index contributed by atoms with van der Waals surface area (Å²) in [6.45, 7) is 2.69. The van der Waals surface area contributed by atoms with Crippen LogP contribution in [0.5, 0.6) is 0 Å². The van der Waals surface area contributed by atoms with Gasteiger partial charge in [0.25, 0.3) is 5.91 Å². The van der Waals surface area contributed by atoms with Crippen LogP contribution in [0.25, 0.3) is 0 Å². The van der Waals surface area contributed by atoms with E-state index >= 15 is 0 Å². The lowest BCUT2D eigenvalue weighted by Crippen LogP contribution is -2.29. The van der Waals surface area contributed by atoms with Crippen LogP contribution in [0.2, 0.25) is 0 Å². The van der Waals surface area contributed by atoms with Gasteiger partial charge in [-0.05, 0) is 31.0 Å². The molecule has 1 aliphatic heterocycles. The van der Waals surface area contributed by atoms with Crippen LogP contribution in [-0.4, -0.2) is 22.2 Å². The van der Waals surface area contributed by atoms with Crippen molar-refractivity contribution in [2.75, 3.05) is 11.4 Å². The average Bonchev–Trinajstić information content (AvgIpc) is 2.93. The van der Waals surface area contributed by atoms with Crippen molar-refractivity contribution >= 4 is 11.6 Å². The van der Waals surface area contributed by atoms with Gasteiger partial charge < -0.3 is 4.90 Å². The van der Waals surface area contributed by atoms with Crippen molar-refractivity contribution in [1.82, 2.24) is 9.78 Å². The molecular weight excluding hydrogens is 226 g/mol. The predicted molar refractivity (Wildman–Crippen MR) is 69.8 cm³/mol. The highest BCUT2D eigenvalue weighted by molar-refractivity contribution is 6.06. The van der Waals surface area contributed by atoms with Crippen LogP contribution < -0.4 is 4.90 Å². The molecule has 0 radical (unpaired) electrons. The van der Waals surface area contributed by atoms with Crippen molar-refractivity contribution < 1.29 is 4.79 Å². The zero-order chi connectivity index (χ0) is 12.7. The molecule has 0 saturated carbocycles. The first-order valence-electron chi connectivity index (χ1n) is 6.07. The first-order valence-corrected chi connectivity index (χ1v) is 6.07. The van der Waals surface area contributed by atoms with Crippen molar-refractivity contribution in [2.24, 2.45) is 7.05 Å². The largest absolute Gasteiger partial charge is 0.306 e. The van der Waals surface area contributed by atoms with E-state index in [9.17, 15) is 4.79 Å². The Balaban J connectivity index is 1.95. The van der Waals surface area contributed by atoms with Crippen LogP contribution in [0.4, 0.5) is 5.69 Å². The highest BCUT2D eigenvalue weighted by Crippen LogP contribution is 2.28. The summed E-state index contributed by atoms with van der Waals surface area (Å²) in [5.41, 5.74) is 3.77. The number of rotatable bonds is 1. The minimum absolute atomic E-state index is 0.0105. The van der Waals surface area contributed by atoms with E-state index in [1.165, 1.54) is 5.56 Å². The fraction of sp³-hybridized carbons (Fsp3) is 0.286. The second kappa shape index (κ2) is 3.98. The monoisotopic (exact) mass is 241 g/mol. The lowest BCUT2D eigenvalue weighted by molar-refractivity contribution is 0.0984. The van der Waals surface area contributed by atoms with Gasteiger partial charge in [-0.25, -0.2) is 0 Å². The van der Waals surface area contributed by atoms with E-state index in [0.29, 0.717) is 5.69 Å². The lowest BCUT2D eigenvalue weighted by Gasteiger charge is -2.15. The zero-order valence-corrected chi connectivity index (χ0v) is 10.6. The molecule has 1 amide bonds. The van der Waals surface area contributed by atoms with Crippen molar-refractivity contribution in [3.63, 3.8) is 0 Å². The molecule has 18 heavy (non-hydrogen) atoms. The van der Waals surface area contributed by atoms with Crippen LogP contribution in [-0.2, 0) is 13.5 Å². The summed E-state index contributed by atoms with van der Waals surface area (Å²) >= 11 is 0. The molecule has 4 heteroatoms. The number of fused-ring (bicyclic) bond motifs is 1. The second-order valence-corrected chi connectivity index (χ2v) is 4.63. The Kier molecular flexibility index (Phi) is 2.44. The van der Waals surface area contributed by atoms with Gasteiger partial charge in [0, 0.05) is 25.0 Å². The summed E-state index contributed by atoms with van der Waals surface area (Å²) in [7, 11) is 1.85. The van der Waals surface area contributed by atoms with Crippen molar-refractivity contribution in [2.45, 2.75) is 13.3 Å². The number of amides is 1. The first kappa shape index (κ1) is 11.0. The zero-order valence-electron chi connectivity index (χ0n) is 10.6. The van der Waals surface area contributed by atoms with Crippen LogP contribution in [0, 0.1) is 6.92 Å². The van der Waals surface area contributed by atoms with E-state index in [0.717, 1.165) is 24.3 Å². The molecule has 92 valence electrons. The third-order valence-corrected chi connectivity index (χ3v) is 3.47. The van der Waals surface area contributed by atoms with E-state index in [1.807, 2.05) is 43.1 Å². The molecule has 0 N–H and O–H groups in total. The minimum Gasteiger partial charge on any atom is -0.306 e. The molecule has 2 aromatic rings. The smallest absolute Gasteiger partial charge is 0.278 e. The second-order valence-electron chi connectivity index (χ2n) is 4.63. The highest BCUT2D eigenvalue weighted by atomic mass is 16.2. The molecule has 0 spiro atoms. The SMILES string of the molecule is Cc1cc(C(=O)N2CCc3ccccc32)nn1C. The van der Waals surface area contributed by atoms with Gasteiger partial charge in [-0.15, -0.1) is 0 Å². The van der Waals surface area contributed by atoms with Gasteiger partial charge in [0.1, 0.15) is 0 Å². The standard InChI is InChI=1S/C14H15N3O/c1-10-9-12(15-16(10)2)14(18)17-8-7-11-5-3-4-6-13(11)17/h3-6,9H,7-8H2,1-2H3. The molecule has 0 fully saturated rings. The maximum atomic E-state index is 12.4. The summed E-state index contributed by atoms with van der Waals surface area (Å²) in [6, 6.07) is 9.89. The number of nitrogens with zero attached hydrogens (tertiary/aromatic N) is 3. The molecule has 4 nitrogen and oxygen atoms in total. The van der Waals surface area contributed by atoms with E-state index in [-0.39, 0.29) is 5.91 Å². The summed E-state index contributed by atoms with van der Waals surface area (Å²) in [4.78, 5) is 14.2. The molecule has 1 aromatic heterocycles. The summed E-state index contributed by atoms with van der Waals surface area (Å²) in [6.07, 6.45) is 0.924. The van der Waals surface area contributed by atoms with Crippen molar-refractivity contribution in [3.8, 4) is 0 Å². The van der Waals surface area contributed by atoms with Gasteiger partial charge >= 0.3 is 0 Å². The number of hydrogen-bond acceptors (Lipinski definition) is 2. The number of para-hydroxylation sites is 1. The Labute approximate surface area is 106 Å². The average molecular weight is 241 g/mol. The minimum atomic E-state index is -0.0105. The maximum Gasteiger partial charge on any atom is 0.278 e. The number of anilines is 1. The third-order valence-electron chi connectivity index (χ3n) is 3.47. The molecule has 2 heterocycles. The van der Waals surface area contributed by atoms with Crippen LogP contribution in [0.1, 0.15) is 21.7 Å². The van der Waals surface area contributed by atoms with Gasteiger partial charge in [0.2, 0.25) is 0 Å². The van der Waals surface area contributed by atoms with E-state index in [4.69, 9.17) is 0 Å². The molecule has 0 atom stereocenters. The first-order chi connectivity index (χ1) is 8.66. The molecule has 0 bridgehead atoms.